The smallest absolute Gasteiger partial charge is 0.227 e. The summed E-state index contributed by atoms with van der Waals surface area (Å²) in [5.74, 6) is -1.58. The van der Waals surface area contributed by atoms with Crippen LogP contribution in [-0.2, 0) is 14.4 Å². The Bertz CT molecular complexity index is 976. The van der Waals surface area contributed by atoms with Gasteiger partial charge in [0.1, 0.15) is 5.82 Å². The molecule has 3 amide bonds. The Morgan fingerprint density at radius 3 is 2.38 bits per heavy atom. The predicted molar refractivity (Wildman–Crippen MR) is 120 cm³/mol. The largest absolute Gasteiger partial charge is 0.368 e. The number of carbonyl (C=O) groups is 3. The highest BCUT2D eigenvalue weighted by molar-refractivity contribution is 6.00. The third-order valence-electron chi connectivity index (χ3n) is 6.03. The van der Waals surface area contributed by atoms with Crippen LogP contribution in [0, 0.1) is 11.7 Å². The Labute approximate surface area is 186 Å². The van der Waals surface area contributed by atoms with Crippen molar-refractivity contribution in [3.8, 4) is 0 Å². The molecule has 32 heavy (non-hydrogen) atoms. The van der Waals surface area contributed by atoms with Gasteiger partial charge in [0.05, 0.1) is 11.6 Å². The highest BCUT2D eigenvalue weighted by Gasteiger charge is 2.36. The lowest BCUT2D eigenvalue weighted by Gasteiger charge is -2.36. The van der Waals surface area contributed by atoms with Gasteiger partial charge in [0.15, 0.2) is 0 Å². The average molecular weight is 439 g/mol. The van der Waals surface area contributed by atoms with Gasteiger partial charge in [-0.25, -0.2) is 4.39 Å². The van der Waals surface area contributed by atoms with E-state index in [0.717, 1.165) is 18.8 Å². The molecule has 2 aromatic carbocycles. The van der Waals surface area contributed by atoms with Gasteiger partial charge < -0.3 is 20.0 Å². The Balaban J connectivity index is 1.20. The van der Waals surface area contributed by atoms with Crippen molar-refractivity contribution >= 4 is 29.1 Å². The van der Waals surface area contributed by atoms with Gasteiger partial charge in [-0.3, -0.25) is 14.4 Å². The minimum absolute atomic E-state index is 0.00786. The van der Waals surface area contributed by atoms with Crippen molar-refractivity contribution in [1.82, 2.24) is 10.2 Å². The van der Waals surface area contributed by atoms with E-state index in [2.05, 4.69) is 22.3 Å². The Morgan fingerprint density at radius 1 is 0.969 bits per heavy atom. The van der Waals surface area contributed by atoms with Gasteiger partial charge in [0.2, 0.25) is 17.7 Å². The quantitative estimate of drug-likeness (QED) is 0.749. The first kappa shape index (κ1) is 21.8. The van der Waals surface area contributed by atoms with Crippen LogP contribution in [0.3, 0.4) is 0 Å². The minimum atomic E-state index is -0.549. The van der Waals surface area contributed by atoms with Gasteiger partial charge >= 0.3 is 0 Å². The summed E-state index contributed by atoms with van der Waals surface area (Å²) in [6, 6.07) is 16.2. The van der Waals surface area contributed by atoms with Crippen molar-refractivity contribution in [2.24, 2.45) is 5.92 Å². The number of nitrogens with zero attached hydrogens (tertiary/aromatic N) is 3. The van der Waals surface area contributed by atoms with Crippen molar-refractivity contribution in [2.45, 2.75) is 12.8 Å². The maximum Gasteiger partial charge on any atom is 0.227 e. The SMILES string of the molecule is O=C(NCCC(=O)N1CCN(c2ccccc2)CC1)C1CC(=O)N(c2ccccc2F)C1. The molecular formula is C24H27FN4O3. The van der Waals surface area contributed by atoms with Crippen LogP contribution < -0.4 is 15.1 Å². The fourth-order valence-electron chi connectivity index (χ4n) is 4.23. The van der Waals surface area contributed by atoms with Crippen molar-refractivity contribution in [1.29, 1.82) is 0 Å². The molecule has 0 spiro atoms. The van der Waals surface area contributed by atoms with E-state index in [4.69, 9.17) is 0 Å². The summed E-state index contributed by atoms with van der Waals surface area (Å²) in [5, 5.41) is 2.77. The third kappa shape index (κ3) is 4.90. The first-order chi connectivity index (χ1) is 15.5. The fraction of sp³-hybridized carbons (Fsp3) is 0.375. The molecule has 7 nitrogen and oxygen atoms in total. The predicted octanol–water partition coefficient (Wildman–Crippen LogP) is 2.03. The van der Waals surface area contributed by atoms with Gasteiger partial charge in [0.25, 0.3) is 0 Å². The maximum absolute atomic E-state index is 14.0. The van der Waals surface area contributed by atoms with Crippen LogP contribution in [0.2, 0.25) is 0 Å². The lowest BCUT2D eigenvalue weighted by molar-refractivity contribution is -0.131. The summed E-state index contributed by atoms with van der Waals surface area (Å²) < 4.78 is 14.0. The topological polar surface area (TPSA) is 73.0 Å². The second-order valence-corrected chi connectivity index (χ2v) is 8.10. The molecule has 2 aliphatic heterocycles. The summed E-state index contributed by atoms with van der Waals surface area (Å²) in [7, 11) is 0. The third-order valence-corrected chi connectivity index (χ3v) is 6.03. The standard InChI is InChI=1S/C24H27FN4O3/c25-20-8-4-5-9-21(20)29-17-18(16-23(29)31)24(32)26-11-10-22(30)28-14-12-27(13-15-28)19-6-2-1-3-7-19/h1-9,18H,10-17H2,(H,26,32). The number of hydrogen-bond donors (Lipinski definition) is 1. The van der Waals surface area contributed by atoms with Crippen molar-refractivity contribution in [3.05, 3.63) is 60.4 Å². The van der Waals surface area contributed by atoms with Gasteiger partial charge in [-0.2, -0.15) is 0 Å². The molecule has 0 aliphatic carbocycles. The van der Waals surface area contributed by atoms with Gasteiger partial charge in [-0.15, -0.1) is 0 Å². The van der Waals surface area contributed by atoms with Gasteiger partial charge in [-0.1, -0.05) is 30.3 Å². The first-order valence-electron chi connectivity index (χ1n) is 10.9. The number of para-hydroxylation sites is 2. The molecule has 4 rings (SSSR count). The minimum Gasteiger partial charge on any atom is -0.368 e. The van der Waals surface area contributed by atoms with Gasteiger partial charge in [-0.05, 0) is 24.3 Å². The number of hydrogen-bond acceptors (Lipinski definition) is 4. The Kier molecular flexibility index (Phi) is 6.68. The molecule has 2 saturated heterocycles. The fourth-order valence-corrected chi connectivity index (χ4v) is 4.23. The first-order valence-corrected chi connectivity index (χ1v) is 10.9. The van der Waals surface area contributed by atoms with Crippen LogP contribution in [0.5, 0.6) is 0 Å². The Hall–Kier alpha value is -3.42. The molecule has 1 atom stereocenters. The van der Waals surface area contributed by atoms with Crippen LogP contribution in [-0.4, -0.2) is 61.9 Å². The average Bonchev–Trinajstić information content (AvgIpc) is 3.21. The summed E-state index contributed by atoms with van der Waals surface area (Å²) >= 11 is 0. The number of benzene rings is 2. The summed E-state index contributed by atoms with van der Waals surface area (Å²) in [5.41, 5.74) is 1.35. The van der Waals surface area contributed by atoms with E-state index in [1.807, 2.05) is 23.1 Å². The van der Waals surface area contributed by atoms with Crippen LogP contribution in [0.15, 0.2) is 54.6 Å². The number of anilines is 2. The highest BCUT2D eigenvalue weighted by Crippen LogP contribution is 2.27. The highest BCUT2D eigenvalue weighted by atomic mass is 19.1. The molecule has 0 bridgehead atoms. The zero-order valence-corrected chi connectivity index (χ0v) is 17.9. The van der Waals surface area contributed by atoms with E-state index in [1.165, 1.54) is 17.0 Å². The van der Waals surface area contributed by atoms with Gasteiger partial charge in [0, 0.05) is 57.8 Å². The number of piperazine rings is 1. The molecule has 1 unspecified atom stereocenters. The molecule has 0 aromatic heterocycles. The molecule has 0 saturated carbocycles. The number of rotatable bonds is 6. The van der Waals surface area contributed by atoms with E-state index in [0.29, 0.717) is 13.1 Å². The summed E-state index contributed by atoms with van der Waals surface area (Å²) in [6.45, 7) is 3.21. The molecule has 168 valence electrons. The van der Waals surface area contributed by atoms with E-state index in [-0.39, 0.29) is 49.3 Å². The molecule has 1 N–H and O–H groups in total. The molecule has 8 heteroatoms. The summed E-state index contributed by atoms with van der Waals surface area (Å²) in [4.78, 5) is 42.7. The van der Waals surface area contributed by atoms with E-state index in [9.17, 15) is 18.8 Å². The van der Waals surface area contributed by atoms with E-state index in [1.54, 1.807) is 12.1 Å². The normalized spacial score (nSPS) is 18.7. The van der Waals surface area contributed by atoms with Crippen LogP contribution >= 0.6 is 0 Å². The number of carbonyl (C=O) groups excluding carboxylic acids is 3. The van der Waals surface area contributed by atoms with Crippen LogP contribution in [0.1, 0.15) is 12.8 Å². The van der Waals surface area contributed by atoms with Crippen molar-refractivity contribution in [3.63, 3.8) is 0 Å². The van der Waals surface area contributed by atoms with E-state index < -0.39 is 11.7 Å². The zero-order valence-electron chi connectivity index (χ0n) is 17.9. The molecule has 2 aromatic rings. The van der Waals surface area contributed by atoms with E-state index >= 15 is 0 Å². The molecule has 0 radical (unpaired) electrons. The monoisotopic (exact) mass is 438 g/mol. The molecular weight excluding hydrogens is 411 g/mol. The maximum atomic E-state index is 14.0. The second kappa shape index (κ2) is 9.80. The van der Waals surface area contributed by atoms with Crippen molar-refractivity contribution < 1.29 is 18.8 Å². The second-order valence-electron chi connectivity index (χ2n) is 8.10. The lowest BCUT2D eigenvalue weighted by Crippen LogP contribution is -2.49. The van der Waals surface area contributed by atoms with Crippen LogP contribution in [0.25, 0.3) is 0 Å². The molecule has 2 fully saturated rings. The zero-order chi connectivity index (χ0) is 22.5. The lowest BCUT2D eigenvalue weighted by atomic mass is 10.1. The van der Waals surface area contributed by atoms with Crippen LogP contribution in [0.4, 0.5) is 15.8 Å². The number of amides is 3. The number of halogens is 1. The Morgan fingerprint density at radius 2 is 1.66 bits per heavy atom. The summed E-state index contributed by atoms with van der Waals surface area (Å²) in [6.07, 6.45) is 0.254. The van der Waals surface area contributed by atoms with Crippen molar-refractivity contribution in [2.75, 3.05) is 49.1 Å². The number of nitrogens with one attached hydrogen (secondary N) is 1. The molecule has 2 aliphatic rings. The molecule has 2 heterocycles.